The summed E-state index contributed by atoms with van der Waals surface area (Å²) in [6.07, 6.45) is -0.717. The molecule has 4 N–H and O–H groups in total. The second-order valence-corrected chi connectivity index (χ2v) is 14.3. The number of methoxy groups -OCH3 is 1. The lowest BCUT2D eigenvalue weighted by atomic mass is 9.72. The van der Waals surface area contributed by atoms with Crippen molar-refractivity contribution in [2.45, 2.75) is 63.9 Å². The molecule has 0 saturated heterocycles. The van der Waals surface area contributed by atoms with Gasteiger partial charge in [-0.15, -0.1) is 0 Å². The molecular weight excluding hydrogens is 678 g/mol. The third-order valence-electron chi connectivity index (χ3n) is 10.3. The molecule has 3 aromatic carbocycles. The number of nitrogens with one attached hydrogen (secondary N) is 3. The Morgan fingerprint density at radius 1 is 1.00 bits per heavy atom. The number of carbonyl (C=O) groups is 3. The first-order valence-electron chi connectivity index (χ1n) is 17.6. The number of hydrogen-bond acceptors (Lipinski definition) is 11. The predicted molar refractivity (Wildman–Crippen MR) is 192 cm³/mol. The molecule has 1 spiro atoms. The average Bonchev–Trinajstić information content (AvgIpc) is 3.94. The number of nitrogens with zero attached hydrogens (tertiary/aromatic N) is 2. The van der Waals surface area contributed by atoms with Crippen molar-refractivity contribution in [1.82, 2.24) is 20.6 Å². The number of carbonyl (C=O) groups excluding carboxylic acids is 3. The van der Waals surface area contributed by atoms with E-state index in [4.69, 9.17) is 23.3 Å². The molecule has 3 unspecified atom stereocenters. The molecule has 0 fully saturated rings. The van der Waals surface area contributed by atoms with Crippen LogP contribution in [0, 0.1) is 11.8 Å². The quantitative estimate of drug-likeness (QED) is 0.164. The third kappa shape index (κ3) is 5.45. The Morgan fingerprint density at radius 3 is 2.53 bits per heavy atom. The molecule has 2 amide bonds. The van der Waals surface area contributed by atoms with Gasteiger partial charge in [-0.1, -0.05) is 88.4 Å². The van der Waals surface area contributed by atoms with Crippen molar-refractivity contribution >= 4 is 23.5 Å². The Kier molecular flexibility index (Phi) is 8.33. The van der Waals surface area contributed by atoms with E-state index in [0.29, 0.717) is 11.5 Å². The number of aromatic nitrogens is 2. The molecule has 3 aliphatic heterocycles. The predicted octanol–water partition coefficient (Wildman–Crippen LogP) is 5.13. The fourth-order valence-electron chi connectivity index (χ4n) is 7.52. The molecular formula is C40H39N5O8. The normalized spacial score (nSPS) is 21.7. The molecule has 3 aliphatic rings. The van der Waals surface area contributed by atoms with E-state index >= 15 is 0 Å². The van der Waals surface area contributed by atoms with Crippen molar-refractivity contribution in [3.8, 4) is 28.5 Å². The van der Waals surface area contributed by atoms with Crippen LogP contribution in [0.4, 0.5) is 5.69 Å². The number of esters is 1. The van der Waals surface area contributed by atoms with Crippen LogP contribution in [0.5, 0.6) is 5.75 Å². The molecule has 8 rings (SSSR count). The minimum absolute atomic E-state index is 0.0114. The van der Waals surface area contributed by atoms with E-state index in [1.807, 2.05) is 80.6 Å². The van der Waals surface area contributed by atoms with Gasteiger partial charge in [-0.05, 0) is 29.0 Å². The van der Waals surface area contributed by atoms with Gasteiger partial charge in [-0.2, -0.15) is 0 Å². The van der Waals surface area contributed by atoms with Gasteiger partial charge in [0.1, 0.15) is 35.6 Å². The molecule has 272 valence electrons. The van der Waals surface area contributed by atoms with Crippen LogP contribution in [0.15, 0.2) is 81.8 Å². The number of aliphatic hydroxyl groups is 1. The van der Waals surface area contributed by atoms with Crippen LogP contribution < -0.4 is 20.7 Å². The molecule has 4 bridgehead atoms. The van der Waals surface area contributed by atoms with Gasteiger partial charge >= 0.3 is 5.97 Å². The second kappa shape index (κ2) is 12.9. The average molecular weight is 718 g/mol. The monoisotopic (exact) mass is 717 g/mol. The molecule has 0 radical (unpaired) electrons. The first-order chi connectivity index (χ1) is 25.5. The Labute approximate surface area is 305 Å². The molecule has 13 nitrogen and oxygen atoms in total. The number of fused-ring (bicyclic) bond motifs is 4. The van der Waals surface area contributed by atoms with Crippen molar-refractivity contribution in [3.63, 3.8) is 0 Å². The number of anilines is 1. The van der Waals surface area contributed by atoms with Gasteiger partial charge in [0.2, 0.25) is 23.6 Å². The first-order valence-corrected chi connectivity index (χ1v) is 17.6. The highest BCUT2D eigenvalue weighted by molar-refractivity contribution is 5.91. The van der Waals surface area contributed by atoms with E-state index < -0.39 is 47.6 Å². The maximum Gasteiger partial charge on any atom is 0.360 e. The van der Waals surface area contributed by atoms with Gasteiger partial charge in [-0.3, -0.25) is 9.59 Å². The lowest BCUT2D eigenvalue weighted by Crippen LogP contribution is -2.52. The zero-order valence-electron chi connectivity index (χ0n) is 29.8. The number of hydrogen-bond donors (Lipinski definition) is 4. The topological polar surface area (TPSA) is 178 Å². The van der Waals surface area contributed by atoms with E-state index in [2.05, 4.69) is 20.9 Å². The number of para-hydroxylation sites is 1. The number of ether oxygens (including phenoxy) is 2. The molecule has 5 heterocycles. The molecule has 0 aliphatic carbocycles. The van der Waals surface area contributed by atoms with E-state index in [9.17, 15) is 19.5 Å². The lowest BCUT2D eigenvalue weighted by Gasteiger charge is -2.29. The Morgan fingerprint density at radius 2 is 1.79 bits per heavy atom. The van der Waals surface area contributed by atoms with Gasteiger partial charge < -0.3 is 39.4 Å². The van der Waals surface area contributed by atoms with Crippen molar-refractivity contribution in [3.05, 3.63) is 107 Å². The maximum atomic E-state index is 14.1. The van der Waals surface area contributed by atoms with E-state index in [0.717, 1.165) is 33.5 Å². The fourth-order valence-corrected chi connectivity index (χ4v) is 7.52. The highest BCUT2D eigenvalue weighted by atomic mass is 16.5. The second-order valence-electron chi connectivity index (χ2n) is 14.3. The zero-order chi connectivity index (χ0) is 37.2. The van der Waals surface area contributed by atoms with Crippen LogP contribution in [0.2, 0.25) is 0 Å². The van der Waals surface area contributed by atoms with E-state index in [1.165, 1.54) is 13.4 Å². The molecule has 13 heteroatoms. The standard InChI is InChI=1S/C40H39N5O8/c1-19(2)29-37-44-31(36-42-27(18-51-36)38(49)50-5)33(53-37)40-24-13-9-12-23(22-10-7-6-8-11-22)30(24)45-39(40)52-28-15-14-21(16-25(28)40)17-26(34(47)43-29)41-35(48)32(46)20(3)4/h6-16,18-20,26,29,32,39,45-46H,17H2,1-5H3,(H,41,48)(H,43,47)/t26?,29?,32-,39?,40-/m0/s1. The number of rotatable bonds is 7. The van der Waals surface area contributed by atoms with Crippen LogP contribution >= 0.6 is 0 Å². The molecule has 5 aromatic rings. The van der Waals surface area contributed by atoms with E-state index in [-0.39, 0.29) is 41.4 Å². The number of amides is 2. The summed E-state index contributed by atoms with van der Waals surface area (Å²) in [4.78, 5) is 49.3. The SMILES string of the molecule is COC(=O)c1coc(-c2nc3oc2[C@]24c5cc(ccc5OC2Nc2c(-c5ccccc5)cccc24)CC(NC(=O)[C@@H](O)C(C)C)C(=O)NC3C(C)C)n1. The van der Waals surface area contributed by atoms with Crippen LogP contribution in [0.1, 0.15) is 72.6 Å². The minimum atomic E-state index is -1.31. The highest BCUT2D eigenvalue weighted by Crippen LogP contribution is 2.60. The van der Waals surface area contributed by atoms with Crippen molar-refractivity contribution in [2.24, 2.45) is 11.8 Å². The zero-order valence-corrected chi connectivity index (χ0v) is 29.8. The number of aliphatic hydroxyl groups excluding tert-OH is 1. The highest BCUT2D eigenvalue weighted by Gasteiger charge is 2.61. The Balaban J connectivity index is 1.40. The minimum Gasteiger partial charge on any atom is -0.469 e. The van der Waals surface area contributed by atoms with Crippen molar-refractivity contribution in [2.75, 3.05) is 12.4 Å². The molecule has 5 atom stereocenters. The lowest BCUT2D eigenvalue weighted by molar-refractivity contribution is -0.135. The van der Waals surface area contributed by atoms with Crippen LogP contribution in [-0.2, 0) is 26.2 Å². The van der Waals surface area contributed by atoms with Gasteiger partial charge in [0.25, 0.3) is 0 Å². The summed E-state index contributed by atoms with van der Waals surface area (Å²) in [5.41, 5.74) is 4.06. The summed E-state index contributed by atoms with van der Waals surface area (Å²) < 4.78 is 24.5. The van der Waals surface area contributed by atoms with Gasteiger partial charge in [0.15, 0.2) is 23.4 Å². The Hall–Kier alpha value is -5.95. The van der Waals surface area contributed by atoms with Crippen LogP contribution in [0.3, 0.4) is 0 Å². The van der Waals surface area contributed by atoms with E-state index in [1.54, 1.807) is 13.8 Å². The summed E-state index contributed by atoms with van der Waals surface area (Å²) >= 11 is 0. The summed E-state index contributed by atoms with van der Waals surface area (Å²) in [6.45, 7) is 7.28. The van der Waals surface area contributed by atoms with Crippen LogP contribution in [0.25, 0.3) is 22.7 Å². The largest absolute Gasteiger partial charge is 0.469 e. The van der Waals surface area contributed by atoms with Gasteiger partial charge in [0.05, 0.1) is 7.11 Å². The molecule has 0 saturated carbocycles. The smallest absolute Gasteiger partial charge is 0.360 e. The van der Waals surface area contributed by atoms with Gasteiger partial charge in [-0.25, -0.2) is 14.8 Å². The molecule has 2 aromatic heterocycles. The van der Waals surface area contributed by atoms with Gasteiger partial charge in [0, 0.05) is 28.8 Å². The number of oxazole rings is 2. The fraction of sp³-hybridized carbons (Fsp3) is 0.325. The molecule has 53 heavy (non-hydrogen) atoms. The van der Waals surface area contributed by atoms with Crippen molar-refractivity contribution < 1.29 is 37.8 Å². The summed E-state index contributed by atoms with van der Waals surface area (Å²) in [5, 5.41) is 20.1. The summed E-state index contributed by atoms with van der Waals surface area (Å²) in [5.74, 6) is -1.33. The van der Waals surface area contributed by atoms with Crippen molar-refractivity contribution in [1.29, 1.82) is 0 Å². The number of benzene rings is 3. The maximum absolute atomic E-state index is 14.1. The summed E-state index contributed by atoms with van der Waals surface area (Å²) in [7, 11) is 1.26. The first kappa shape index (κ1) is 34.2. The third-order valence-corrected chi connectivity index (χ3v) is 10.3. The summed E-state index contributed by atoms with van der Waals surface area (Å²) in [6, 6.07) is 19.9. The Bertz CT molecular complexity index is 2240. The van der Waals surface area contributed by atoms with Crippen LogP contribution in [-0.4, -0.2) is 58.3 Å².